The average Bonchev–Trinajstić information content (AvgIpc) is 2.38. The second kappa shape index (κ2) is 5.85. The molecule has 0 amide bonds. The highest BCUT2D eigenvalue weighted by Gasteiger charge is 2.10. The SMILES string of the molecule is CNCc1cc(C)ccc1Oc1cccc(C)c1F. The zero-order chi connectivity index (χ0) is 13.8. The first kappa shape index (κ1) is 13.6. The molecule has 0 atom stereocenters. The maximum atomic E-state index is 13.9. The van der Waals surface area contributed by atoms with Gasteiger partial charge in [0.05, 0.1) is 0 Å². The summed E-state index contributed by atoms with van der Waals surface area (Å²) in [6.07, 6.45) is 0. The fourth-order valence-corrected chi connectivity index (χ4v) is 1.95. The maximum Gasteiger partial charge on any atom is 0.168 e. The molecule has 2 nitrogen and oxygen atoms in total. The van der Waals surface area contributed by atoms with Crippen LogP contribution in [0.25, 0.3) is 0 Å². The van der Waals surface area contributed by atoms with Crippen molar-refractivity contribution in [1.29, 1.82) is 0 Å². The zero-order valence-electron chi connectivity index (χ0n) is 11.5. The molecule has 19 heavy (non-hydrogen) atoms. The van der Waals surface area contributed by atoms with E-state index in [1.165, 1.54) is 0 Å². The van der Waals surface area contributed by atoms with E-state index < -0.39 is 0 Å². The maximum absolute atomic E-state index is 13.9. The number of aryl methyl sites for hydroxylation is 2. The van der Waals surface area contributed by atoms with Crippen molar-refractivity contribution in [3.05, 3.63) is 58.9 Å². The number of halogens is 1. The third kappa shape index (κ3) is 3.12. The van der Waals surface area contributed by atoms with E-state index in [2.05, 4.69) is 5.32 Å². The van der Waals surface area contributed by atoms with E-state index in [0.717, 1.165) is 11.1 Å². The standard InChI is InChI=1S/C16H18FNO/c1-11-7-8-14(13(9-11)10-18-3)19-15-6-4-5-12(2)16(15)17/h4-9,18H,10H2,1-3H3. The predicted molar refractivity (Wildman–Crippen MR) is 75.2 cm³/mol. The molecule has 0 aromatic heterocycles. The van der Waals surface area contributed by atoms with Gasteiger partial charge in [0.15, 0.2) is 11.6 Å². The summed E-state index contributed by atoms with van der Waals surface area (Å²) in [6.45, 7) is 4.44. The molecular weight excluding hydrogens is 241 g/mol. The van der Waals surface area contributed by atoms with Gasteiger partial charge in [0.25, 0.3) is 0 Å². The zero-order valence-corrected chi connectivity index (χ0v) is 11.5. The molecule has 1 N–H and O–H groups in total. The Bertz CT molecular complexity index is 581. The molecule has 0 spiro atoms. The van der Waals surface area contributed by atoms with Gasteiger partial charge in [-0.05, 0) is 38.6 Å². The molecule has 100 valence electrons. The third-order valence-electron chi connectivity index (χ3n) is 2.96. The first-order valence-corrected chi connectivity index (χ1v) is 6.29. The van der Waals surface area contributed by atoms with E-state index in [-0.39, 0.29) is 11.6 Å². The molecule has 2 rings (SSSR count). The molecule has 0 heterocycles. The second-order valence-electron chi connectivity index (χ2n) is 4.63. The fourth-order valence-electron chi connectivity index (χ4n) is 1.95. The molecule has 0 radical (unpaired) electrons. The molecule has 0 aliphatic rings. The number of hydrogen-bond acceptors (Lipinski definition) is 2. The molecule has 0 unspecified atom stereocenters. The quantitative estimate of drug-likeness (QED) is 0.897. The Balaban J connectivity index is 2.35. The van der Waals surface area contributed by atoms with Gasteiger partial charge in [-0.15, -0.1) is 0 Å². The molecular formula is C16H18FNO. The molecule has 3 heteroatoms. The van der Waals surface area contributed by atoms with Crippen LogP contribution < -0.4 is 10.1 Å². The van der Waals surface area contributed by atoms with Gasteiger partial charge in [0.2, 0.25) is 0 Å². The lowest BCUT2D eigenvalue weighted by atomic mass is 10.1. The molecule has 2 aromatic carbocycles. The van der Waals surface area contributed by atoms with Crippen molar-refractivity contribution in [3.63, 3.8) is 0 Å². The van der Waals surface area contributed by atoms with E-state index in [4.69, 9.17) is 4.74 Å². The van der Waals surface area contributed by atoms with Gasteiger partial charge in [0.1, 0.15) is 5.75 Å². The number of rotatable bonds is 4. The van der Waals surface area contributed by atoms with Crippen LogP contribution in [-0.4, -0.2) is 7.05 Å². The van der Waals surface area contributed by atoms with E-state index in [1.807, 2.05) is 32.2 Å². The Morgan fingerprint density at radius 1 is 1.11 bits per heavy atom. The van der Waals surface area contributed by atoms with Gasteiger partial charge >= 0.3 is 0 Å². The molecule has 0 saturated heterocycles. The molecule has 0 fully saturated rings. The van der Waals surface area contributed by atoms with Gasteiger partial charge in [0, 0.05) is 12.1 Å². The Hall–Kier alpha value is -1.87. The molecule has 0 aliphatic carbocycles. The molecule has 2 aromatic rings. The minimum atomic E-state index is -0.307. The van der Waals surface area contributed by atoms with Crippen LogP contribution in [0.15, 0.2) is 36.4 Å². The van der Waals surface area contributed by atoms with Crippen LogP contribution in [-0.2, 0) is 6.54 Å². The number of nitrogens with one attached hydrogen (secondary N) is 1. The van der Waals surface area contributed by atoms with E-state index >= 15 is 0 Å². The Labute approximate surface area is 113 Å². The Morgan fingerprint density at radius 3 is 2.63 bits per heavy atom. The first-order chi connectivity index (χ1) is 9.11. The van der Waals surface area contributed by atoms with Gasteiger partial charge < -0.3 is 10.1 Å². The van der Waals surface area contributed by atoms with Crippen molar-refractivity contribution >= 4 is 0 Å². The molecule has 0 saturated carbocycles. The highest BCUT2D eigenvalue weighted by Crippen LogP contribution is 2.29. The minimum Gasteiger partial charge on any atom is -0.454 e. The summed E-state index contributed by atoms with van der Waals surface area (Å²) < 4.78 is 19.7. The number of ether oxygens (including phenoxy) is 1. The third-order valence-corrected chi connectivity index (χ3v) is 2.96. The summed E-state index contributed by atoms with van der Waals surface area (Å²) in [6, 6.07) is 11.0. The first-order valence-electron chi connectivity index (χ1n) is 6.29. The van der Waals surface area contributed by atoms with Crippen molar-refractivity contribution in [3.8, 4) is 11.5 Å². The van der Waals surface area contributed by atoms with Crippen molar-refractivity contribution < 1.29 is 9.13 Å². The van der Waals surface area contributed by atoms with Crippen LogP contribution >= 0.6 is 0 Å². The van der Waals surface area contributed by atoms with Gasteiger partial charge in [-0.1, -0.05) is 29.8 Å². The fraction of sp³-hybridized carbons (Fsp3) is 0.250. The summed E-state index contributed by atoms with van der Waals surface area (Å²) in [7, 11) is 1.87. The molecule has 0 aliphatic heterocycles. The van der Waals surface area contributed by atoms with Crippen molar-refractivity contribution in [2.45, 2.75) is 20.4 Å². The second-order valence-corrected chi connectivity index (χ2v) is 4.63. The van der Waals surface area contributed by atoms with Gasteiger partial charge in [-0.3, -0.25) is 0 Å². The van der Waals surface area contributed by atoms with Crippen molar-refractivity contribution in [2.75, 3.05) is 7.05 Å². The summed E-state index contributed by atoms with van der Waals surface area (Å²) in [5.41, 5.74) is 2.76. The van der Waals surface area contributed by atoms with Crippen LogP contribution in [0, 0.1) is 19.7 Å². The summed E-state index contributed by atoms with van der Waals surface area (Å²) in [5.74, 6) is 0.643. The topological polar surface area (TPSA) is 21.3 Å². The highest BCUT2D eigenvalue weighted by atomic mass is 19.1. The van der Waals surface area contributed by atoms with Crippen molar-refractivity contribution in [2.24, 2.45) is 0 Å². The largest absolute Gasteiger partial charge is 0.454 e. The average molecular weight is 259 g/mol. The smallest absolute Gasteiger partial charge is 0.168 e. The van der Waals surface area contributed by atoms with Crippen LogP contribution in [0.5, 0.6) is 11.5 Å². The summed E-state index contributed by atoms with van der Waals surface area (Å²) in [4.78, 5) is 0. The highest BCUT2D eigenvalue weighted by molar-refractivity contribution is 5.41. The lowest BCUT2D eigenvalue weighted by Gasteiger charge is -2.13. The van der Waals surface area contributed by atoms with Crippen LogP contribution in [0.1, 0.15) is 16.7 Å². The van der Waals surface area contributed by atoms with Gasteiger partial charge in [-0.2, -0.15) is 0 Å². The normalized spacial score (nSPS) is 10.5. The van der Waals surface area contributed by atoms with E-state index in [1.54, 1.807) is 25.1 Å². The van der Waals surface area contributed by atoms with E-state index in [9.17, 15) is 4.39 Å². The monoisotopic (exact) mass is 259 g/mol. The Morgan fingerprint density at radius 2 is 1.89 bits per heavy atom. The van der Waals surface area contributed by atoms with Crippen molar-refractivity contribution in [1.82, 2.24) is 5.32 Å². The lowest BCUT2D eigenvalue weighted by Crippen LogP contribution is -2.07. The van der Waals surface area contributed by atoms with Crippen LogP contribution in [0.3, 0.4) is 0 Å². The minimum absolute atomic E-state index is 0.265. The summed E-state index contributed by atoms with van der Waals surface area (Å²) in [5, 5.41) is 3.09. The Kier molecular flexibility index (Phi) is 4.17. The van der Waals surface area contributed by atoms with E-state index in [0.29, 0.717) is 17.9 Å². The van der Waals surface area contributed by atoms with Crippen LogP contribution in [0.4, 0.5) is 4.39 Å². The number of benzene rings is 2. The predicted octanol–water partition coefficient (Wildman–Crippen LogP) is 3.95. The van der Waals surface area contributed by atoms with Crippen LogP contribution in [0.2, 0.25) is 0 Å². The summed E-state index contributed by atoms with van der Waals surface area (Å²) >= 11 is 0. The lowest BCUT2D eigenvalue weighted by molar-refractivity contribution is 0.434. The molecule has 0 bridgehead atoms. The number of hydrogen-bond donors (Lipinski definition) is 1. The van der Waals surface area contributed by atoms with Gasteiger partial charge in [-0.25, -0.2) is 4.39 Å².